The Kier molecular flexibility index (Phi) is 3.60. The van der Waals surface area contributed by atoms with Gasteiger partial charge in [0.2, 0.25) is 5.95 Å². The molecule has 2 fully saturated rings. The molecule has 2 saturated heterocycles. The van der Waals surface area contributed by atoms with Crippen LogP contribution in [0.4, 0.5) is 5.95 Å². The van der Waals surface area contributed by atoms with Crippen molar-refractivity contribution in [3.05, 3.63) is 38.4 Å². The number of anilines is 1. The van der Waals surface area contributed by atoms with Gasteiger partial charge in [0.05, 0.1) is 6.54 Å². The third kappa shape index (κ3) is 2.18. The fourth-order valence-corrected chi connectivity index (χ4v) is 3.87. The lowest BCUT2D eigenvalue weighted by atomic mass is 9.96. The Morgan fingerprint density at radius 2 is 2.15 bits per heavy atom. The summed E-state index contributed by atoms with van der Waals surface area (Å²) in [6, 6.07) is -0.528. The first-order chi connectivity index (χ1) is 12.3. The van der Waals surface area contributed by atoms with Crippen molar-refractivity contribution in [1.82, 2.24) is 24.3 Å². The first kappa shape index (κ1) is 17.0. The van der Waals surface area contributed by atoms with Gasteiger partial charge < -0.3 is 14.7 Å². The highest BCUT2D eigenvalue weighted by molar-refractivity contribution is 5.40. The molecule has 4 rings (SSSR count). The molecule has 0 aromatic carbocycles. The van der Waals surface area contributed by atoms with E-state index >= 15 is 0 Å². The van der Waals surface area contributed by atoms with Crippen LogP contribution in [0.15, 0.2) is 15.8 Å². The number of aliphatic hydroxyl groups is 1. The molecular formula is C16H22N6O4. The number of nitrogens with zero attached hydrogens (tertiary/aromatic N) is 5. The normalized spacial score (nSPS) is 30.3. The zero-order chi connectivity index (χ0) is 18.8. The molecule has 2 aliphatic rings. The summed E-state index contributed by atoms with van der Waals surface area (Å²) in [5.41, 5.74) is -1.42. The minimum Gasteiger partial charge on any atom is -0.388 e. The maximum atomic E-state index is 12.3. The number of fused-ring (bicyclic) bond motifs is 2. The summed E-state index contributed by atoms with van der Waals surface area (Å²) < 4.78 is 9.15. The fourth-order valence-electron chi connectivity index (χ4n) is 3.87. The van der Waals surface area contributed by atoms with E-state index in [0.717, 1.165) is 5.82 Å². The zero-order valence-corrected chi connectivity index (χ0v) is 15.1. The van der Waals surface area contributed by atoms with Crippen LogP contribution < -0.4 is 16.1 Å². The molecule has 4 heterocycles. The molecular weight excluding hydrogens is 340 g/mol. The van der Waals surface area contributed by atoms with E-state index < -0.39 is 35.2 Å². The molecule has 2 aromatic heterocycles. The Balaban J connectivity index is 1.82. The van der Waals surface area contributed by atoms with Gasteiger partial charge in [-0.1, -0.05) is 6.92 Å². The molecule has 0 amide bonds. The van der Waals surface area contributed by atoms with Crippen molar-refractivity contribution < 1.29 is 9.84 Å². The third-order valence-corrected chi connectivity index (χ3v) is 5.55. The van der Waals surface area contributed by atoms with Crippen LogP contribution in [0.1, 0.15) is 31.0 Å². The third-order valence-electron chi connectivity index (χ3n) is 5.55. The Bertz CT molecular complexity index is 958. The fraction of sp³-hybridized carbons (Fsp3) is 0.625. The van der Waals surface area contributed by atoms with Gasteiger partial charge in [0.1, 0.15) is 23.6 Å². The second kappa shape index (κ2) is 5.52. The minimum absolute atomic E-state index is 0.398. The standard InChI is InChI=1S/C16H22N6O4/c1-5-16-7-22(14-17-9(3)20(4)19-14)10(11(16)23)13(26-16)21-6-8(2)12(24)18-15(21)25/h6,10-11,13,23H,5,7H2,1-4H3,(H,18,24,25)/t10-,11+,13-,16+/m1/s1. The molecule has 0 spiro atoms. The smallest absolute Gasteiger partial charge is 0.330 e. The molecule has 0 saturated carbocycles. The average molecular weight is 362 g/mol. The van der Waals surface area contributed by atoms with E-state index in [-0.39, 0.29) is 0 Å². The first-order valence-corrected chi connectivity index (χ1v) is 8.59. The van der Waals surface area contributed by atoms with Crippen LogP contribution >= 0.6 is 0 Å². The van der Waals surface area contributed by atoms with Crippen molar-refractivity contribution in [1.29, 1.82) is 0 Å². The minimum atomic E-state index is -0.814. The number of aryl methyl sites for hydroxylation is 3. The maximum Gasteiger partial charge on any atom is 0.330 e. The highest BCUT2D eigenvalue weighted by atomic mass is 16.6. The first-order valence-electron chi connectivity index (χ1n) is 8.59. The summed E-state index contributed by atoms with van der Waals surface area (Å²) in [5.74, 6) is 1.24. The summed E-state index contributed by atoms with van der Waals surface area (Å²) in [7, 11) is 1.80. The number of ether oxygens (including phenoxy) is 1. The van der Waals surface area contributed by atoms with Crippen LogP contribution in [-0.4, -0.2) is 53.7 Å². The number of nitrogens with one attached hydrogen (secondary N) is 1. The van der Waals surface area contributed by atoms with Crippen molar-refractivity contribution >= 4 is 5.95 Å². The van der Waals surface area contributed by atoms with Crippen LogP contribution in [0.3, 0.4) is 0 Å². The van der Waals surface area contributed by atoms with E-state index in [9.17, 15) is 14.7 Å². The van der Waals surface area contributed by atoms with Gasteiger partial charge in [-0.05, 0) is 20.3 Å². The Morgan fingerprint density at radius 3 is 2.73 bits per heavy atom. The molecule has 2 N–H and O–H groups in total. The topological polar surface area (TPSA) is 118 Å². The van der Waals surface area contributed by atoms with E-state index in [2.05, 4.69) is 15.1 Å². The van der Waals surface area contributed by atoms with Gasteiger partial charge in [0.25, 0.3) is 5.56 Å². The molecule has 2 aliphatic heterocycles. The van der Waals surface area contributed by atoms with E-state index in [0.29, 0.717) is 24.5 Å². The van der Waals surface area contributed by atoms with E-state index in [4.69, 9.17) is 4.74 Å². The predicted molar refractivity (Wildman–Crippen MR) is 92.1 cm³/mol. The van der Waals surface area contributed by atoms with E-state index in [1.54, 1.807) is 18.7 Å². The van der Waals surface area contributed by atoms with Crippen LogP contribution in [0, 0.1) is 13.8 Å². The molecule has 2 bridgehead atoms. The SMILES string of the molecule is CC[C@@]12CN(c3nc(C)n(C)n3)[C@@H]([C@H](n3cc(C)c(=O)[nH]c3=O)O1)[C@@H]2O. The Morgan fingerprint density at radius 1 is 1.42 bits per heavy atom. The average Bonchev–Trinajstić information content (AvgIpc) is 3.19. The number of morpholine rings is 1. The molecule has 0 unspecified atom stereocenters. The van der Waals surface area contributed by atoms with Crippen LogP contribution in [0.2, 0.25) is 0 Å². The van der Waals surface area contributed by atoms with Gasteiger partial charge in [-0.2, -0.15) is 4.98 Å². The lowest BCUT2D eigenvalue weighted by molar-refractivity contribution is -0.107. The van der Waals surface area contributed by atoms with E-state index in [1.165, 1.54) is 10.8 Å². The van der Waals surface area contributed by atoms with Gasteiger partial charge >= 0.3 is 5.69 Å². The number of aliphatic hydroxyl groups excluding tert-OH is 1. The molecule has 4 atom stereocenters. The Labute approximate surface area is 149 Å². The molecule has 0 aliphatic carbocycles. The largest absolute Gasteiger partial charge is 0.388 e. The molecule has 26 heavy (non-hydrogen) atoms. The summed E-state index contributed by atoms with van der Waals surface area (Å²) in [6.45, 7) is 5.84. The molecule has 2 aromatic rings. The number of rotatable bonds is 3. The second-order valence-corrected chi connectivity index (χ2v) is 7.05. The molecule has 10 nitrogen and oxygen atoms in total. The van der Waals surface area contributed by atoms with Crippen molar-refractivity contribution in [2.75, 3.05) is 11.4 Å². The molecule has 140 valence electrons. The zero-order valence-electron chi connectivity index (χ0n) is 15.1. The number of hydrogen-bond acceptors (Lipinski definition) is 7. The molecule has 10 heteroatoms. The quantitative estimate of drug-likeness (QED) is 0.734. The van der Waals surface area contributed by atoms with Gasteiger partial charge in [0, 0.05) is 18.8 Å². The summed E-state index contributed by atoms with van der Waals surface area (Å²) in [6.07, 6.45) is 0.491. The highest BCUT2D eigenvalue weighted by Crippen LogP contribution is 2.48. The predicted octanol–water partition coefficient (Wildman–Crippen LogP) is -0.791. The summed E-state index contributed by atoms with van der Waals surface area (Å²) in [5, 5.41) is 15.3. The van der Waals surface area contributed by atoms with Gasteiger partial charge in [-0.25, -0.2) is 4.79 Å². The molecule has 0 radical (unpaired) electrons. The monoisotopic (exact) mass is 362 g/mol. The number of aromatic nitrogens is 5. The van der Waals surface area contributed by atoms with E-state index in [1.807, 2.05) is 18.7 Å². The van der Waals surface area contributed by atoms with Crippen LogP contribution in [0.25, 0.3) is 0 Å². The van der Waals surface area contributed by atoms with Crippen molar-refractivity contribution in [2.45, 2.75) is 51.2 Å². The van der Waals surface area contributed by atoms with Crippen molar-refractivity contribution in [3.8, 4) is 0 Å². The number of aromatic amines is 1. The van der Waals surface area contributed by atoms with Crippen molar-refractivity contribution in [2.24, 2.45) is 7.05 Å². The van der Waals surface area contributed by atoms with Crippen LogP contribution in [-0.2, 0) is 11.8 Å². The number of hydrogen-bond donors (Lipinski definition) is 2. The van der Waals surface area contributed by atoms with Gasteiger partial charge in [0.15, 0.2) is 6.23 Å². The number of H-pyrrole nitrogens is 1. The Hall–Kier alpha value is -2.46. The van der Waals surface area contributed by atoms with Crippen LogP contribution in [0.5, 0.6) is 0 Å². The van der Waals surface area contributed by atoms with Gasteiger partial charge in [-0.15, -0.1) is 5.10 Å². The highest BCUT2D eigenvalue weighted by Gasteiger charge is 2.64. The van der Waals surface area contributed by atoms with Crippen molar-refractivity contribution in [3.63, 3.8) is 0 Å². The lowest BCUT2D eigenvalue weighted by Crippen LogP contribution is -2.49. The van der Waals surface area contributed by atoms with Gasteiger partial charge in [-0.3, -0.25) is 19.0 Å². The summed E-state index contributed by atoms with van der Waals surface area (Å²) >= 11 is 0. The summed E-state index contributed by atoms with van der Waals surface area (Å²) in [4.78, 5) is 32.7. The second-order valence-electron chi connectivity index (χ2n) is 7.05. The maximum absolute atomic E-state index is 12.3. The lowest BCUT2D eigenvalue weighted by Gasteiger charge is -2.36.